The lowest BCUT2D eigenvalue weighted by atomic mass is 10.3. The first-order valence-corrected chi connectivity index (χ1v) is 6.46. The first kappa shape index (κ1) is 10.5. The molecule has 0 aromatic carbocycles. The SMILES string of the molecule is O=C(c1ccsc1)N1CCC(n2ccnn2)C1. The average Bonchev–Trinajstić information content (AvgIpc) is 3.09. The lowest BCUT2D eigenvalue weighted by molar-refractivity contribution is 0.0787. The molecule has 1 amide bonds. The van der Waals surface area contributed by atoms with Crippen LogP contribution >= 0.6 is 11.3 Å². The molecule has 0 radical (unpaired) electrons. The van der Waals surface area contributed by atoms with E-state index in [9.17, 15) is 4.79 Å². The third-order valence-electron chi connectivity index (χ3n) is 3.03. The first-order valence-electron chi connectivity index (χ1n) is 5.52. The fourth-order valence-corrected chi connectivity index (χ4v) is 2.75. The molecule has 1 aliphatic rings. The molecule has 1 atom stereocenters. The molecule has 1 unspecified atom stereocenters. The Morgan fingerprint density at radius 3 is 3.18 bits per heavy atom. The molecule has 0 aliphatic carbocycles. The van der Waals surface area contributed by atoms with Crippen LogP contribution in [0.5, 0.6) is 0 Å². The number of hydrogen-bond acceptors (Lipinski definition) is 4. The van der Waals surface area contributed by atoms with E-state index in [4.69, 9.17) is 0 Å². The number of thiophene rings is 1. The van der Waals surface area contributed by atoms with Crippen molar-refractivity contribution in [2.75, 3.05) is 13.1 Å². The van der Waals surface area contributed by atoms with Crippen molar-refractivity contribution in [3.63, 3.8) is 0 Å². The van der Waals surface area contributed by atoms with E-state index in [1.54, 1.807) is 17.5 Å². The van der Waals surface area contributed by atoms with Crippen LogP contribution in [0.2, 0.25) is 0 Å². The molecule has 1 fully saturated rings. The molecule has 2 aromatic rings. The monoisotopic (exact) mass is 248 g/mol. The number of aromatic nitrogens is 3. The van der Waals surface area contributed by atoms with Gasteiger partial charge in [-0.05, 0) is 17.9 Å². The van der Waals surface area contributed by atoms with Gasteiger partial charge in [-0.25, -0.2) is 4.68 Å². The van der Waals surface area contributed by atoms with Gasteiger partial charge in [-0.1, -0.05) is 5.21 Å². The van der Waals surface area contributed by atoms with E-state index >= 15 is 0 Å². The zero-order valence-electron chi connectivity index (χ0n) is 9.19. The van der Waals surface area contributed by atoms with Crippen LogP contribution in [-0.4, -0.2) is 38.9 Å². The van der Waals surface area contributed by atoms with Crippen molar-refractivity contribution in [1.82, 2.24) is 19.9 Å². The minimum atomic E-state index is 0.119. The quantitative estimate of drug-likeness (QED) is 0.807. The number of nitrogens with zero attached hydrogens (tertiary/aromatic N) is 4. The molecule has 1 saturated heterocycles. The molecular formula is C11H12N4OS. The second-order valence-electron chi connectivity index (χ2n) is 4.09. The smallest absolute Gasteiger partial charge is 0.254 e. The molecule has 6 heteroatoms. The lowest BCUT2D eigenvalue weighted by Gasteiger charge is -2.15. The largest absolute Gasteiger partial charge is 0.336 e. The highest BCUT2D eigenvalue weighted by molar-refractivity contribution is 7.08. The Kier molecular flexibility index (Phi) is 2.64. The summed E-state index contributed by atoms with van der Waals surface area (Å²) >= 11 is 1.55. The number of carbonyl (C=O) groups is 1. The highest BCUT2D eigenvalue weighted by atomic mass is 32.1. The summed E-state index contributed by atoms with van der Waals surface area (Å²) in [6.45, 7) is 1.51. The molecule has 2 aromatic heterocycles. The van der Waals surface area contributed by atoms with Crippen molar-refractivity contribution in [1.29, 1.82) is 0 Å². The van der Waals surface area contributed by atoms with Gasteiger partial charge in [0.15, 0.2) is 0 Å². The molecule has 1 aliphatic heterocycles. The summed E-state index contributed by atoms with van der Waals surface area (Å²) in [5.41, 5.74) is 0.786. The van der Waals surface area contributed by atoms with Gasteiger partial charge in [0.25, 0.3) is 5.91 Å². The maximum absolute atomic E-state index is 12.1. The third-order valence-corrected chi connectivity index (χ3v) is 3.72. The molecule has 0 spiro atoms. The average molecular weight is 248 g/mol. The van der Waals surface area contributed by atoms with Crippen LogP contribution in [0.3, 0.4) is 0 Å². The fraction of sp³-hybridized carbons (Fsp3) is 0.364. The summed E-state index contributed by atoms with van der Waals surface area (Å²) in [6.07, 6.45) is 4.46. The Hall–Kier alpha value is -1.69. The van der Waals surface area contributed by atoms with Gasteiger partial charge in [0.2, 0.25) is 0 Å². The van der Waals surface area contributed by atoms with Crippen molar-refractivity contribution in [3.05, 3.63) is 34.8 Å². The van der Waals surface area contributed by atoms with E-state index in [1.807, 2.05) is 32.6 Å². The van der Waals surface area contributed by atoms with Crippen LogP contribution in [0.4, 0.5) is 0 Å². The second-order valence-corrected chi connectivity index (χ2v) is 4.87. The van der Waals surface area contributed by atoms with Crippen molar-refractivity contribution < 1.29 is 4.79 Å². The molecule has 0 saturated carbocycles. The Bertz CT molecular complexity index is 494. The maximum Gasteiger partial charge on any atom is 0.254 e. The topological polar surface area (TPSA) is 51.0 Å². The van der Waals surface area contributed by atoms with Crippen LogP contribution in [0.1, 0.15) is 22.8 Å². The molecule has 0 N–H and O–H groups in total. The van der Waals surface area contributed by atoms with Gasteiger partial charge >= 0.3 is 0 Å². The number of likely N-dealkylation sites (tertiary alicyclic amines) is 1. The summed E-state index contributed by atoms with van der Waals surface area (Å²) in [7, 11) is 0. The van der Waals surface area contributed by atoms with Crippen molar-refractivity contribution in [2.24, 2.45) is 0 Å². The Balaban J connectivity index is 1.70. The van der Waals surface area contributed by atoms with Gasteiger partial charge < -0.3 is 4.90 Å². The van der Waals surface area contributed by atoms with E-state index in [1.165, 1.54) is 0 Å². The predicted octanol–water partition coefficient (Wildman–Crippen LogP) is 1.43. The van der Waals surface area contributed by atoms with Gasteiger partial charge in [-0.2, -0.15) is 11.3 Å². The van der Waals surface area contributed by atoms with Gasteiger partial charge in [-0.3, -0.25) is 4.79 Å². The lowest BCUT2D eigenvalue weighted by Crippen LogP contribution is -2.28. The minimum absolute atomic E-state index is 0.119. The Morgan fingerprint density at radius 1 is 1.53 bits per heavy atom. The minimum Gasteiger partial charge on any atom is -0.336 e. The van der Waals surface area contributed by atoms with Crippen molar-refractivity contribution in [2.45, 2.75) is 12.5 Å². The van der Waals surface area contributed by atoms with Crippen molar-refractivity contribution >= 4 is 17.2 Å². The Labute approximate surface area is 103 Å². The van der Waals surface area contributed by atoms with Crippen LogP contribution in [0, 0.1) is 0 Å². The van der Waals surface area contributed by atoms with Gasteiger partial charge in [-0.15, -0.1) is 5.10 Å². The van der Waals surface area contributed by atoms with E-state index < -0.39 is 0 Å². The summed E-state index contributed by atoms with van der Waals surface area (Å²) < 4.78 is 1.83. The summed E-state index contributed by atoms with van der Waals surface area (Å²) in [4.78, 5) is 14.0. The number of rotatable bonds is 2. The Morgan fingerprint density at radius 2 is 2.47 bits per heavy atom. The highest BCUT2D eigenvalue weighted by Gasteiger charge is 2.28. The van der Waals surface area contributed by atoms with E-state index in [-0.39, 0.29) is 11.9 Å². The standard InChI is InChI=1S/C11H12N4OS/c16-11(9-2-6-17-8-9)14-4-1-10(7-14)15-5-3-12-13-15/h2-3,5-6,8,10H,1,4,7H2. The maximum atomic E-state index is 12.1. The molecule has 3 heterocycles. The van der Waals surface area contributed by atoms with Crippen LogP contribution in [-0.2, 0) is 0 Å². The van der Waals surface area contributed by atoms with Crippen LogP contribution in [0.15, 0.2) is 29.2 Å². The zero-order valence-corrected chi connectivity index (χ0v) is 10.0. The summed E-state index contributed by atoms with van der Waals surface area (Å²) in [5.74, 6) is 0.119. The van der Waals surface area contributed by atoms with Crippen LogP contribution in [0.25, 0.3) is 0 Å². The molecule has 3 rings (SSSR count). The number of amides is 1. The number of carbonyl (C=O) groups excluding carboxylic acids is 1. The fourth-order valence-electron chi connectivity index (χ4n) is 2.12. The second kappa shape index (κ2) is 4.29. The summed E-state index contributed by atoms with van der Waals surface area (Å²) in [5, 5.41) is 11.6. The molecule has 17 heavy (non-hydrogen) atoms. The third kappa shape index (κ3) is 1.95. The van der Waals surface area contributed by atoms with Crippen LogP contribution < -0.4 is 0 Å². The molecular weight excluding hydrogens is 236 g/mol. The number of hydrogen-bond donors (Lipinski definition) is 0. The predicted molar refractivity (Wildman–Crippen MR) is 63.9 cm³/mol. The molecule has 88 valence electrons. The van der Waals surface area contributed by atoms with Gasteiger partial charge in [0.05, 0.1) is 17.8 Å². The molecule has 5 nitrogen and oxygen atoms in total. The van der Waals surface area contributed by atoms with E-state index in [0.29, 0.717) is 0 Å². The van der Waals surface area contributed by atoms with Gasteiger partial charge in [0, 0.05) is 24.7 Å². The van der Waals surface area contributed by atoms with E-state index in [0.717, 1.165) is 25.1 Å². The highest BCUT2D eigenvalue weighted by Crippen LogP contribution is 2.22. The molecule has 0 bridgehead atoms. The van der Waals surface area contributed by atoms with Gasteiger partial charge in [0.1, 0.15) is 0 Å². The van der Waals surface area contributed by atoms with Crippen molar-refractivity contribution in [3.8, 4) is 0 Å². The summed E-state index contributed by atoms with van der Waals surface area (Å²) in [6, 6.07) is 2.13. The first-order chi connectivity index (χ1) is 8.34. The van der Waals surface area contributed by atoms with E-state index in [2.05, 4.69) is 10.3 Å². The zero-order chi connectivity index (χ0) is 11.7. The normalized spacial score (nSPS) is 19.8.